The Labute approximate surface area is 174 Å². The molecule has 2 aromatic carbocycles. The van der Waals surface area contributed by atoms with E-state index < -0.39 is 0 Å². The van der Waals surface area contributed by atoms with E-state index in [1.165, 1.54) is 11.9 Å². The van der Waals surface area contributed by atoms with E-state index in [1.807, 2.05) is 22.9 Å². The summed E-state index contributed by atoms with van der Waals surface area (Å²) < 4.78 is 18.1. The van der Waals surface area contributed by atoms with E-state index in [0.29, 0.717) is 28.7 Å². The molecule has 30 heavy (non-hydrogen) atoms. The van der Waals surface area contributed by atoms with Crippen LogP contribution in [0.25, 0.3) is 16.7 Å². The van der Waals surface area contributed by atoms with Gasteiger partial charge < -0.3 is 19.5 Å². The lowest BCUT2D eigenvalue weighted by Gasteiger charge is -2.15. The molecule has 154 valence electrons. The standard InChI is InChI=1S/C22H23N5O3/c1-13-6-7-17(14(2)8-13)27-22-16(11-25-27)21(23-12-24-22)26-15-9-18(28-3)20(30-5)19(10-15)29-4/h6-12H,1-5H3,(H,23,24,26). The largest absolute Gasteiger partial charge is 0.493 e. The normalized spacial score (nSPS) is 10.8. The number of hydrogen-bond acceptors (Lipinski definition) is 7. The summed E-state index contributed by atoms with van der Waals surface area (Å²) in [5.74, 6) is 2.26. The van der Waals surface area contributed by atoms with Crippen LogP contribution < -0.4 is 19.5 Å². The third-order valence-corrected chi connectivity index (χ3v) is 4.87. The van der Waals surface area contributed by atoms with Gasteiger partial charge in [0, 0.05) is 17.8 Å². The molecule has 0 spiro atoms. The smallest absolute Gasteiger partial charge is 0.203 e. The number of benzene rings is 2. The van der Waals surface area contributed by atoms with Gasteiger partial charge in [0.25, 0.3) is 0 Å². The lowest BCUT2D eigenvalue weighted by atomic mass is 10.1. The summed E-state index contributed by atoms with van der Waals surface area (Å²) in [6.45, 7) is 4.13. The molecule has 0 aliphatic carbocycles. The lowest BCUT2D eigenvalue weighted by Crippen LogP contribution is -2.02. The first-order valence-corrected chi connectivity index (χ1v) is 9.39. The van der Waals surface area contributed by atoms with Crippen molar-refractivity contribution in [1.82, 2.24) is 19.7 Å². The van der Waals surface area contributed by atoms with Crippen LogP contribution in [0, 0.1) is 13.8 Å². The van der Waals surface area contributed by atoms with Crippen LogP contribution in [-0.4, -0.2) is 41.1 Å². The third-order valence-electron chi connectivity index (χ3n) is 4.87. The van der Waals surface area contributed by atoms with E-state index in [4.69, 9.17) is 14.2 Å². The van der Waals surface area contributed by atoms with Gasteiger partial charge in [-0.2, -0.15) is 5.10 Å². The van der Waals surface area contributed by atoms with Gasteiger partial charge in [-0.05, 0) is 25.5 Å². The van der Waals surface area contributed by atoms with Crippen LogP contribution in [0.2, 0.25) is 0 Å². The van der Waals surface area contributed by atoms with Gasteiger partial charge in [0.15, 0.2) is 17.1 Å². The second-order valence-corrected chi connectivity index (χ2v) is 6.84. The molecule has 2 aromatic heterocycles. The zero-order chi connectivity index (χ0) is 21.3. The van der Waals surface area contributed by atoms with E-state index in [1.54, 1.807) is 27.5 Å². The lowest BCUT2D eigenvalue weighted by molar-refractivity contribution is 0.324. The van der Waals surface area contributed by atoms with Crippen LogP contribution in [0.5, 0.6) is 17.2 Å². The quantitative estimate of drug-likeness (QED) is 0.515. The number of rotatable bonds is 6. The number of fused-ring (bicyclic) bond motifs is 1. The molecule has 0 unspecified atom stereocenters. The minimum absolute atomic E-state index is 0.529. The highest BCUT2D eigenvalue weighted by Gasteiger charge is 2.16. The molecule has 4 aromatic rings. The molecule has 8 heteroatoms. The van der Waals surface area contributed by atoms with Crippen molar-refractivity contribution >= 4 is 22.5 Å². The van der Waals surface area contributed by atoms with Crippen LogP contribution >= 0.6 is 0 Å². The molecule has 0 aliphatic rings. The van der Waals surface area contributed by atoms with Crippen LogP contribution in [0.1, 0.15) is 11.1 Å². The fourth-order valence-electron chi connectivity index (χ4n) is 3.45. The summed E-state index contributed by atoms with van der Waals surface area (Å²) in [4.78, 5) is 8.87. The van der Waals surface area contributed by atoms with Crippen LogP contribution in [0.15, 0.2) is 42.9 Å². The van der Waals surface area contributed by atoms with E-state index in [9.17, 15) is 0 Å². The second-order valence-electron chi connectivity index (χ2n) is 6.84. The number of aryl methyl sites for hydroxylation is 2. The predicted molar refractivity (Wildman–Crippen MR) is 116 cm³/mol. The van der Waals surface area contributed by atoms with Crippen molar-refractivity contribution in [3.63, 3.8) is 0 Å². The number of methoxy groups -OCH3 is 3. The predicted octanol–water partition coefficient (Wildman–Crippen LogP) is 4.20. The average molecular weight is 405 g/mol. The SMILES string of the molecule is COc1cc(Nc2ncnc3c2cnn3-c2ccc(C)cc2C)cc(OC)c1OC. The molecule has 0 atom stereocenters. The molecular formula is C22H23N5O3. The number of aromatic nitrogens is 4. The summed E-state index contributed by atoms with van der Waals surface area (Å²) in [5.41, 5.74) is 4.76. The van der Waals surface area contributed by atoms with Gasteiger partial charge in [0.05, 0.1) is 38.6 Å². The summed E-state index contributed by atoms with van der Waals surface area (Å²) in [6, 6.07) is 9.88. The molecule has 0 fully saturated rings. The summed E-state index contributed by atoms with van der Waals surface area (Å²) in [6.07, 6.45) is 3.28. The number of ether oxygens (including phenoxy) is 3. The van der Waals surface area contributed by atoms with E-state index in [-0.39, 0.29) is 0 Å². The van der Waals surface area contributed by atoms with Gasteiger partial charge >= 0.3 is 0 Å². The van der Waals surface area contributed by atoms with Gasteiger partial charge in [-0.1, -0.05) is 17.7 Å². The maximum absolute atomic E-state index is 5.44. The molecule has 0 radical (unpaired) electrons. The number of nitrogens with zero attached hydrogens (tertiary/aromatic N) is 4. The highest BCUT2D eigenvalue weighted by atomic mass is 16.5. The number of nitrogens with one attached hydrogen (secondary N) is 1. The summed E-state index contributed by atoms with van der Waals surface area (Å²) in [7, 11) is 4.73. The Bertz CT molecular complexity index is 1190. The highest BCUT2D eigenvalue weighted by Crippen LogP contribution is 2.40. The minimum Gasteiger partial charge on any atom is -0.493 e. The van der Waals surface area contributed by atoms with Crippen LogP contribution in [-0.2, 0) is 0 Å². The molecule has 0 amide bonds. The first-order valence-electron chi connectivity index (χ1n) is 9.39. The Morgan fingerprint density at radius 1 is 0.900 bits per heavy atom. The first kappa shape index (κ1) is 19.5. The van der Waals surface area contributed by atoms with Crippen LogP contribution in [0.3, 0.4) is 0 Å². The van der Waals surface area contributed by atoms with Gasteiger partial charge in [0.2, 0.25) is 5.75 Å². The fraction of sp³-hybridized carbons (Fsp3) is 0.227. The third kappa shape index (κ3) is 3.36. The second kappa shape index (κ2) is 7.90. The molecular weight excluding hydrogens is 382 g/mol. The van der Waals surface area contributed by atoms with Crippen molar-refractivity contribution < 1.29 is 14.2 Å². The van der Waals surface area contributed by atoms with Gasteiger partial charge in [-0.25, -0.2) is 14.6 Å². The summed E-state index contributed by atoms with van der Waals surface area (Å²) in [5, 5.41) is 8.67. The molecule has 4 rings (SSSR count). The maximum Gasteiger partial charge on any atom is 0.203 e. The molecule has 1 N–H and O–H groups in total. The number of hydrogen-bond donors (Lipinski definition) is 1. The molecule has 0 saturated heterocycles. The van der Waals surface area contributed by atoms with Crippen LogP contribution in [0.4, 0.5) is 11.5 Å². The Morgan fingerprint density at radius 2 is 1.63 bits per heavy atom. The molecule has 0 saturated carbocycles. The monoisotopic (exact) mass is 405 g/mol. The van der Waals surface area contributed by atoms with Gasteiger partial charge in [0.1, 0.15) is 12.1 Å². The Balaban J connectivity index is 1.77. The molecule has 2 heterocycles. The van der Waals surface area contributed by atoms with Crippen molar-refractivity contribution in [3.05, 3.63) is 54.0 Å². The zero-order valence-electron chi connectivity index (χ0n) is 17.6. The van der Waals surface area contributed by atoms with Crippen molar-refractivity contribution in [2.24, 2.45) is 0 Å². The molecule has 0 bridgehead atoms. The van der Waals surface area contributed by atoms with Gasteiger partial charge in [-0.15, -0.1) is 0 Å². The van der Waals surface area contributed by atoms with E-state index in [0.717, 1.165) is 22.3 Å². The average Bonchev–Trinajstić information content (AvgIpc) is 3.18. The van der Waals surface area contributed by atoms with Crippen molar-refractivity contribution in [1.29, 1.82) is 0 Å². The summed E-state index contributed by atoms with van der Waals surface area (Å²) >= 11 is 0. The Hall–Kier alpha value is -3.81. The molecule has 0 aliphatic heterocycles. The van der Waals surface area contributed by atoms with Crippen molar-refractivity contribution in [2.45, 2.75) is 13.8 Å². The van der Waals surface area contributed by atoms with Gasteiger partial charge in [-0.3, -0.25) is 0 Å². The van der Waals surface area contributed by atoms with E-state index in [2.05, 4.69) is 46.4 Å². The van der Waals surface area contributed by atoms with Crippen molar-refractivity contribution in [2.75, 3.05) is 26.6 Å². The Morgan fingerprint density at radius 3 is 2.27 bits per heavy atom. The van der Waals surface area contributed by atoms with Crippen molar-refractivity contribution in [3.8, 4) is 22.9 Å². The van der Waals surface area contributed by atoms with E-state index >= 15 is 0 Å². The Kier molecular flexibility index (Phi) is 5.14. The highest BCUT2D eigenvalue weighted by molar-refractivity contribution is 5.89. The maximum atomic E-state index is 5.44. The first-order chi connectivity index (χ1) is 14.5. The minimum atomic E-state index is 0.529. The fourth-order valence-corrected chi connectivity index (χ4v) is 3.45. The zero-order valence-corrected chi connectivity index (χ0v) is 17.6. The topological polar surface area (TPSA) is 83.3 Å². The molecule has 8 nitrogen and oxygen atoms in total. The number of anilines is 2.